The molecule has 0 aliphatic carbocycles. The maximum Gasteiger partial charge on any atom is 0.305 e. The van der Waals surface area contributed by atoms with Gasteiger partial charge in [0.15, 0.2) is 0 Å². The van der Waals surface area contributed by atoms with Crippen LogP contribution >= 0.6 is 0 Å². The minimum Gasteiger partial charge on any atom is -0.469 e. The number of halogens is 1. The van der Waals surface area contributed by atoms with Crippen LogP contribution in [0.3, 0.4) is 0 Å². The first-order valence-electron chi connectivity index (χ1n) is 6.40. The number of benzene rings is 1. The largest absolute Gasteiger partial charge is 0.469 e. The number of ether oxygens (including phenoxy) is 1. The molecule has 0 saturated carbocycles. The van der Waals surface area contributed by atoms with Crippen LogP contribution in [-0.4, -0.2) is 24.5 Å². The van der Waals surface area contributed by atoms with Crippen molar-refractivity contribution in [3.8, 4) is 0 Å². The third-order valence-corrected chi connectivity index (χ3v) is 2.94. The summed E-state index contributed by atoms with van der Waals surface area (Å²) in [6.45, 7) is 5.34. The van der Waals surface area contributed by atoms with Crippen molar-refractivity contribution in [2.45, 2.75) is 39.2 Å². The normalized spacial score (nSPS) is 11.1. The molecule has 1 aromatic rings. The molecule has 1 aromatic carbocycles. The lowest BCUT2D eigenvalue weighted by Gasteiger charge is -2.26. The molecule has 0 aliphatic rings. The van der Waals surface area contributed by atoms with E-state index in [0.29, 0.717) is 12.0 Å². The lowest BCUT2D eigenvalue weighted by molar-refractivity contribution is -0.141. The number of carbonyl (C=O) groups is 2. The Hall–Kier alpha value is -1.91. The first kappa shape index (κ1) is 16.1. The Morgan fingerprint density at radius 3 is 2.50 bits per heavy atom. The third kappa shape index (κ3) is 4.99. The van der Waals surface area contributed by atoms with E-state index in [0.717, 1.165) is 0 Å². The summed E-state index contributed by atoms with van der Waals surface area (Å²) in [6.07, 6.45) is 0.658. The second-order valence-corrected chi connectivity index (χ2v) is 5.43. The van der Waals surface area contributed by atoms with Gasteiger partial charge in [-0.2, -0.15) is 0 Å². The highest BCUT2D eigenvalue weighted by Gasteiger charge is 2.22. The number of aryl methyl sites for hydroxylation is 1. The van der Waals surface area contributed by atoms with Gasteiger partial charge in [0.1, 0.15) is 5.82 Å². The Bertz CT molecular complexity index is 492. The van der Waals surface area contributed by atoms with Crippen LogP contribution in [0.1, 0.15) is 42.6 Å². The van der Waals surface area contributed by atoms with Gasteiger partial charge < -0.3 is 10.1 Å². The molecule has 5 heteroatoms. The molecule has 0 heterocycles. The number of esters is 1. The van der Waals surface area contributed by atoms with E-state index in [1.54, 1.807) is 26.8 Å². The smallest absolute Gasteiger partial charge is 0.305 e. The number of hydrogen-bond acceptors (Lipinski definition) is 3. The molecule has 1 amide bonds. The Kier molecular flexibility index (Phi) is 5.25. The molecule has 1 rings (SSSR count). The first-order chi connectivity index (χ1) is 9.23. The van der Waals surface area contributed by atoms with Gasteiger partial charge in [-0.25, -0.2) is 4.39 Å². The predicted octanol–water partition coefficient (Wildman–Crippen LogP) is 2.60. The Balaban J connectivity index is 2.70. The zero-order valence-corrected chi connectivity index (χ0v) is 12.2. The van der Waals surface area contributed by atoms with Crippen LogP contribution < -0.4 is 5.32 Å². The Morgan fingerprint density at radius 2 is 1.95 bits per heavy atom. The van der Waals surface area contributed by atoms with Crippen molar-refractivity contribution in [3.05, 3.63) is 35.1 Å². The maximum atomic E-state index is 13.3. The highest BCUT2D eigenvalue weighted by molar-refractivity contribution is 5.94. The number of rotatable bonds is 5. The van der Waals surface area contributed by atoms with E-state index < -0.39 is 11.4 Å². The molecule has 0 aromatic heterocycles. The molecule has 4 nitrogen and oxygen atoms in total. The summed E-state index contributed by atoms with van der Waals surface area (Å²) in [7, 11) is 1.32. The minimum atomic E-state index is -0.578. The van der Waals surface area contributed by atoms with Gasteiger partial charge in [0.05, 0.1) is 7.11 Å². The number of nitrogens with one attached hydrogen (secondary N) is 1. The highest BCUT2D eigenvalue weighted by atomic mass is 19.1. The average Bonchev–Trinajstić information content (AvgIpc) is 2.34. The lowest BCUT2D eigenvalue weighted by Crippen LogP contribution is -2.43. The van der Waals surface area contributed by atoms with Gasteiger partial charge >= 0.3 is 5.97 Å². The van der Waals surface area contributed by atoms with Crippen molar-refractivity contribution in [3.63, 3.8) is 0 Å². The molecule has 0 saturated heterocycles. The standard InChI is InChI=1S/C15H20FNO3/c1-10-7-11(9-12(16)8-10)14(19)17-15(2,3)6-5-13(18)20-4/h7-9H,5-6H2,1-4H3,(H,17,19). The Labute approximate surface area is 118 Å². The summed E-state index contributed by atoms with van der Waals surface area (Å²) < 4.78 is 17.8. The van der Waals surface area contributed by atoms with Crippen molar-refractivity contribution < 1.29 is 18.7 Å². The zero-order chi connectivity index (χ0) is 15.3. The summed E-state index contributed by atoms with van der Waals surface area (Å²) in [5, 5.41) is 2.79. The molecular formula is C15H20FNO3. The first-order valence-corrected chi connectivity index (χ1v) is 6.40. The van der Waals surface area contributed by atoms with E-state index in [1.807, 2.05) is 0 Å². The maximum absolute atomic E-state index is 13.3. The molecule has 0 bridgehead atoms. The van der Waals surface area contributed by atoms with E-state index in [2.05, 4.69) is 10.1 Å². The Morgan fingerprint density at radius 1 is 1.30 bits per heavy atom. The molecular weight excluding hydrogens is 261 g/mol. The van der Waals surface area contributed by atoms with Crippen molar-refractivity contribution in [2.24, 2.45) is 0 Å². The van der Waals surface area contributed by atoms with E-state index in [4.69, 9.17) is 0 Å². The van der Waals surface area contributed by atoms with Gasteiger partial charge in [-0.3, -0.25) is 9.59 Å². The second kappa shape index (κ2) is 6.50. The van der Waals surface area contributed by atoms with E-state index >= 15 is 0 Å². The molecule has 0 unspecified atom stereocenters. The van der Waals surface area contributed by atoms with Gasteiger partial charge in [-0.05, 0) is 51.0 Å². The molecule has 1 N–H and O–H groups in total. The average molecular weight is 281 g/mol. The summed E-state index contributed by atoms with van der Waals surface area (Å²) in [4.78, 5) is 23.2. The van der Waals surface area contributed by atoms with Crippen molar-refractivity contribution in [1.29, 1.82) is 0 Å². The van der Waals surface area contributed by atoms with Crippen LogP contribution in [0.25, 0.3) is 0 Å². The quantitative estimate of drug-likeness (QED) is 0.844. The summed E-state index contributed by atoms with van der Waals surface area (Å²) >= 11 is 0. The molecule has 0 aliphatic heterocycles. The topological polar surface area (TPSA) is 55.4 Å². The molecule has 0 fully saturated rings. The fourth-order valence-corrected chi connectivity index (χ4v) is 1.83. The minimum absolute atomic E-state index is 0.214. The van der Waals surface area contributed by atoms with Crippen LogP contribution in [-0.2, 0) is 9.53 Å². The fraction of sp³-hybridized carbons (Fsp3) is 0.467. The number of methoxy groups -OCH3 is 1. The molecule has 0 radical (unpaired) electrons. The van der Waals surface area contributed by atoms with Gasteiger partial charge in [0, 0.05) is 17.5 Å². The third-order valence-electron chi connectivity index (χ3n) is 2.94. The van der Waals surface area contributed by atoms with Crippen LogP contribution in [0.15, 0.2) is 18.2 Å². The molecule has 20 heavy (non-hydrogen) atoms. The summed E-state index contributed by atoms with van der Waals surface area (Å²) in [5.74, 6) is -1.13. The van der Waals surface area contributed by atoms with Crippen LogP contribution in [0.4, 0.5) is 4.39 Å². The molecule has 110 valence electrons. The van der Waals surface area contributed by atoms with Crippen molar-refractivity contribution >= 4 is 11.9 Å². The van der Waals surface area contributed by atoms with Crippen LogP contribution in [0.5, 0.6) is 0 Å². The fourth-order valence-electron chi connectivity index (χ4n) is 1.83. The molecule has 0 spiro atoms. The van der Waals surface area contributed by atoms with Gasteiger partial charge in [0.2, 0.25) is 0 Å². The number of carbonyl (C=O) groups excluding carboxylic acids is 2. The highest BCUT2D eigenvalue weighted by Crippen LogP contribution is 2.14. The van der Waals surface area contributed by atoms with Crippen molar-refractivity contribution in [1.82, 2.24) is 5.32 Å². The van der Waals surface area contributed by atoms with E-state index in [1.165, 1.54) is 19.2 Å². The summed E-state index contributed by atoms with van der Waals surface area (Å²) in [6, 6.07) is 4.17. The molecule has 0 atom stereocenters. The van der Waals surface area contributed by atoms with Gasteiger partial charge in [-0.15, -0.1) is 0 Å². The number of amides is 1. The SMILES string of the molecule is COC(=O)CCC(C)(C)NC(=O)c1cc(C)cc(F)c1. The summed E-state index contributed by atoms with van der Waals surface area (Å²) in [5.41, 5.74) is 0.377. The van der Waals surface area contributed by atoms with Gasteiger partial charge in [0.25, 0.3) is 5.91 Å². The zero-order valence-electron chi connectivity index (χ0n) is 12.2. The second-order valence-electron chi connectivity index (χ2n) is 5.43. The lowest BCUT2D eigenvalue weighted by atomic mass is 9.97. The van der Waals surface area contributed by atoms with Crippen LogP contribution in [0.2, 0.25) is 0 Å². The monoisotopic (exact) mass is 281 g/mol. The van der Waals surface area contributed by atoms with Crippen molar-refractivity contribution in [2.75, 3.05) is 7.11 Å². The van der Waals surface area contributed by atoms with E-state index in [-0.39, 0.29) is 23.9 Å². The van der Waals surface area contributed by atoms with Crippen LogP contribution in [0, 0.1) is 12.7 Å². The predicted molar refractivity (Wildman–Crippen MR) is 73.9 cm³/mol. The number of hydrogen-bond donors (Lipinski definition) is 1. The van der Waals surface area contributed by atoms with E-state index in [9.17, 15) is 14.0 Å². The van der Waals surface area contributed by atoms with Gasteiger partial charge in [-0.1, -0.05) is 0 Å².